The highest BCUT2D eigenvalue weighted by Crippen LogP contribution is 2.42. The maximum absolute atomic E-state index is 5.18. The van der Waals surface area contributed by atoms with Gasteiger partial charge in [-0.1, -0.05) is 103 Å². The van der Waals surface area contributed by atoms with Crippen molar-refractivity contribution in [3.63, 3.8) is 0 Å². The second-order valence-electron chi connectivity index (χ2n) is 9.55. The molecule has 8 aromatic rings. The largest absolute Gasteiger partial charge is 0.354 e. The van der Waals surface area contributed by atoms with E-state index in [1.165, 1.54) is 32.0 Å². The van der Waals surface area contributed by atoms with Crippen LogP contribution in [-0.2, 0) is 0 Å². The van der Waals surface area contributed by atoms with Gasteiger partial charge in [0.1, 0.15) is 0 Å². The zero-order valence-corrected chi connectivity index (χ0v) is 21.2. The van der Waals surface area contributed by atoms with Crippen molar-refractivity contribution in [3.8, 4) is 33.8 Å². The van der Waals surface area contributed by atoms with Gasteiger partial charge in [0, 0.05) is 43.0 Å². The second kappa shape index (κ2) is 8.37. The minimum absolute atomic E-state index is 0.745. The van der Waals surface area contributed by atoms with Crippen LogP contribution in [0.4, 0.5) is 0 Å². The SMILES string of the molecule is c1ccc(-c2ccc(-c3nc(-c4ccccc4)c4sc5cc6[nH]c7ccccc7c6cc5c4n3)cc2)cc1. The number of aromatic amines is 1. The molecule has 0 radical (unpaired) electrons. The van der Waals surface area contributed by atoms with Gasteiger partial charge in [0.25, 0.3) is 0 Å². The number of aromatic nitrogens is 3. The molecular weight excluding hydrogens is 482 g/mol. The summed E-state index contributed by atoms with van der Waals surface area (Å²) in [6.45, 7) is 0. The Bertz CT molecular complexity index is 2110. The van der Waals surface area contributed by atoms with Crippen LogP contribution in [0.3, 0.4) is 0 Å². The number of thiophene rings is 1. The Hall–Kier alpha value is -4.80. The topological polar surface area (TPSA) is 41.6 Å². The van der Waals surface area contributed by atoms with Gasteiger partial charge in [-0.25, -0.2) is 9.97 Å². The van der Waals surface area contributed by atoms with Crippen LogP contribution in [0.15, 0.2) is 121 Å². The van der Waals surface area contributed by atoms with E-state index in [0.717, 1.165) is 43.9 Å². The first-order valence-corrected chi connectivity index (χ1v) is 13.5. The first-order chi connectivity index (χ1) is 18.8. The lowest BCUT2D eigenvalue weighted by atomic mass is 10.0. The normalized spacial score (nSPS) is 11.7. The molecular formula is C34H21N3S. The van der Waals surface area contributed by atoms with Crippen molar-refractivity contribution in [1.82, 2.24) is 15.0 Å². The van der Waals surface area contributed by atoms with E-state index >= 15 is 0 Å². The Morgan fingerprint density at radius 1 is 0.500 bits per heavy atom. The molecule has 0 amide bonds. The molecule has 3 nitrogen and oxygen atoms in total. The van der Waals surface area contributed by atoms with E-state index in [-0.39, 0.29) is 0 Å². The summed E-state index contributed by atoms with van der Waals surface area (Å²) >= 11 is 1.77. The summed E-state index contributed by atoms with van der Waals surface area (Å²) < 4.78 is 2.33. The average molecular weight is 504 g/mol. The quantitative estimate of drug-likeness (QED) is 0.261. The Balaban J connectivity index is 1.38. The predicted molar refractivity (Wildman–Crippen MR) is 161 cm³/mol. The highest BCUT2D eigenvalue weighted by atomic mass is 32.1. The molecule has 38 heavy (non-hydrogen) atoms. The van der Waals surface area contributed by atoms with Gasteiger partial charge in [0.15, 0.2) is 5.82 Å². The lowest BCUT2D eigenvalue weighted by Crippen LogP contribution is -1.93. The van der Waals surface area contributed by atoms with Gasteiger partial charge in [-0.05, 0) is 29.3 Å². The lowest BCUT2D eigenvalue weighted by Gasteiger charge is -2.08. The molecule has 1 N–H and O–H groups in total. The predicted octanol–water partition coefficient (Wildman–Crippen LogP) is 9.48. The van der Waals surface area contributed by atoms with Crippen LogP contribution in [0.2, 0.25) is 0 Å². The summed E-state index contributed by atoms with van der Waals surface area (Å²) in [5.41, 5.74) is 8.79. The number of nitrogens with zero attached hydrogens (tertiary/aromatic N) is 2. The Kier molecular flexibility index (Phi) is 4.69. The number of hydrogen-bond donors (Lipinski definition) is 1. The monoisotopic (exact) mass is 503 g/mol. The van der Waals surface area contributed by atoms with Crippen LogP contribution in [0.25, 0.3) is 75.9 Å². The summed E-state index contributed by atoms with van der Waals surface area (Å²) in [6.07, 6.45) is 0. The number of fused-ring (bicyclic) bond motifs is 6. The number of rotatable bonds is 3. The maximum Gasteiger partial charge on any atom is 0.160 e. The molecule has 0 saturated heterocycles. The minimum atomic E-state index is 0.745. The molecule has 3 heterocycles. The number of para-hydroxylation sites is 1. The molecule has 0 bridgehead atoms. The van der Waals surface area contributed by atoms with Crippen LogP contribution in [0, 0.1) is 0 Å². The fourth-order valence-corrected chi connectivity index (χ4v) is 6.53. The van der Waals surface area contributed by atoms with Crippen LogP contribution >= 0.6 is 11.3 Å². The number of hydrogen-bond acceptors (Lipinski definition) is 3. The Labute approximate surface area is 223 Å². The van der Waals surface area contributed by atoms with Gasteiger partial charge in [-0.3, -0.25) is 0 Å². The summed E-state index contributed by atoms with van der Waals surface area (Å²) in [4.78, 5) is 13.9. The Morgan fingerprint density at radius 3 is 1.95 bits per heavy atom. The number of benzene rings is 5. The standard InChI is InChI=1S/C34H21N3S/c1-3-9-21(10-4-1)22-15-17-24(18-16-22)34-36-31(23-11-5-2-6-12-23)33-32(37-34)27-19-26-25-13-7-8-14-28(25)35-29(26)20-30(27)38-33/h1-20,35H. The molecule has 0 spiro atoms. The first kappa shape index (κ1) is 21.3. The fraction of sp³-hybridized carbons (Fsp3) is 0. The molecule has 3 aromatic heterocycles. The van der Waals surface area contributed by atoms with Crippen LogP contribution in [0.5, 0.6) is 0 Å². The van der Waals surface area contributed by atoms with Crippen molar-refractivity contribution in [2.45, 2.75) is 0 Å². The summed E-state index contributed by atoms with van der Waals surface area (Å²) in [5, 5.41) is 3.63. The van der Waals surface area contributed by atoms with Crippen molar-refractivity contribution in [3.05, 3.63) is 121 Å². The zero-order valence-electron chi connectivity index (χ0n) is 20.3. The van der Waals surface area contributed by atoms with Gasteiger partial charge in [-0.15, -0.1) is 11.3 Å². The molecule has 178 valence electrons. The molecule has 0 unspecified atom stereocenters. The van der Waals surface area contributed by atoms with Crippen molar-refractivity contribution >= 4 is 53.4 Å². The van der Waals surface area contributed by atoms with Crippen LogP contribution in [0.1, 0.15) is 0 Å². The zero-order chi connectivity index (χ0) is 25.1. The average Bonchev–Trinajstić information content (AvgIpc) is 3.53. The van der Waals surface area contributed by atoms with Gasteiger partial charge in [-0.2, -0.15) is 0 Å². The van der Waals surface area contributed by atoms with Crippen molar-refractivity contribution in [2.24, 2.45) is 0 Å². The molecule has 0 saturated carbocycles. The minimum Gasteiger partial charge on any atom is -0.354 e. The van der Waals surface area contributed by atoms with Crippen LogP contribution < -0.4 is 0 Å². The highest BCUT2D eigenvalue weighted by Gasteiger charge is 2.18. The summed E-state index contributed by atoms with van der Waals surface area (Å²) in [7, 11) is 0. The van der Waals surface area contributed by atoms with Gasteiger partial charge in [0.2, 0.25) is 0 Å². The van der Waals surface area contributed by atoms with E-state index in [1.54, 1.807) is 11.3 Å². The van der Waals surface area contributed by atoms with Crippen molar-refractivity contribution in [2.75, 3.05) is 0 Å². The lowest BCUT2D eigenvalue weighted by molar-refractivity contribution is 1.24. The fourth-order valence-electron chi connectivity index (χ4n) is 5.35. The maximum atomic E-state index is 5.18. The molecule has 4 heteroatoms. The number of nitrogens with one attached hydrogen (secondary N) is 1. The molecule has 0 fully saturated rings. The van der Waals surface area contributed by atoms with E-state index in [9.17, 15) is 0 Å². The molecule has 0 atom stereocenters. The van der Waals surface area contributed by atoms with Crippen molar-refractivity contribution in [1.29, 1.82) is 0 Å². The van der Waals surface area contributed by atoms with E-state index in [1.807, 2.05) is 12.1 Å². The van der Waals surface area contributed by atoms with E-state index in [0.29, 0.717) is 0 Å². The van der Waals surface area contributed by atoms with E-state index in [4.69, 9.17) is 9.97 Å². The molecule has 8 rings (SSSR count). The van der Waals surface area contributed by atoms with E-state index in [2.05, 4.69) is 114 Å². The van der Waals surface area contributed by atoms with Crippen molar-refractivity contribution < 1.29 is 0 Å². The second-order valence-corrected chi connectivity index (χ2v) is 10.6. The molecule has 0 aliphatic carbocycles. The molecule has 0 aliphatic heterocycles. The summed E-state index contributed by atoms with van der Waals surface area (Å²) in [5.74, 6) is 0.745. The first-order valence-electron chi connectivity index (χ1n) is 12.7. The van der Waals surface area contributed by atoms with E-state index < -0.39 is 0 Å². The number of H-pyrrole nitrogens is 1. The van der Waals surface area contributed by atoms with Gasteiger partial charge >= 0.3 is 0 Å². The van der Waals surface area contributed by atoms with Crippen LogP contribution in [-0.4, -0.2) is 15.0 Å². The third kappa shape index (κ3) is 3.35. The van der Waals surface area contributed by atoms with Gasteiger partial charge in [0.05, 0.1) is 15.9 Å². The van der Waals surface area contributed by atoms with Gasteiger partial charge < -0.3 is 4.98 Å². The summed E-state index contributed by atoms with van der Waals surface area (Å²) in [6, 6.07) is 42.5. The highest BCUT2D eigenvalue weighted by molar-refractivity contribution is 7.26. The third-order valence-corrected chi connectivity index (χ3v) is 8.38. The molecule has 0 aliphatic rings. The molecule has 5 aromatic carbocycles. The smallest absolute Gasteiger partial charge is 0.160 e. The Morgan fingerprint density at radius 2 is 1.16 bits per heavy atom. The third-order valence-electron chi connectivity index (χ3n) is 7.24.